The molecule has 3 heterocycles. The number of nitrogens with one attached hydrogen (secondary N) is 1. The van der Waals surface area contributed by atoms with Gasteiger partial charge in [-0.05, 0) is 58.7 Å². The number of aromatic nitrogens is 4. The van der Waals surface area contributed by atoms with E-state index in [2.05, 4.69) is 32.7 Å². The highest BCUT2D eigenvalue weighted by atomic mass is 16.2. The maximum atomic E-state index is 14.7. The second-order valence-electron chi connectivity index (χ2n) is 16.4. The van der Waals surface area contributed by atoms with Crippen molar-refractivity contribution in [1.29, 1.82) is 0 Å². The monoisotopic (exact) mass is 702 g/mol. The van der Waals surface area contributed by atoms with Gasteiger partial charge in [0.1, 0.15) is 5.82 Å². The zero-order valence-electron chi connectivity index (χ0n) is 31.3. The predicted octanol–water partition coefficient (Wildman–Crippen LogP) is 9.21. The average Bonchev–Trinajstić information content (AvgIpc) is 3.29. The Morgan fingerprint density at radius 2 is 0.906 bits per heavy atom. The van der Waals surface area contributed by atoms with Gasteiger partial charge in [-0.3, -0.25) is 28.3 Å². The quantitative estimate of drug-likeness (QED) is 0.132. The number of rotatable bonds is 7. The summed E-state index contributed by atoms with van der Waals surface area (Å²) in [6.07, 6.45) is 0. The average molecular weight is 703 g/mol. The van der Waals surface area contributed by atoms with Crippen molar-refractivity contribution >= 4 is 75.7 Å². The molecule has 3 aromatic heterocycles. The molecular formula is C45H42N4O4. The van der Waals surface area contributed by atoms with Crippen LogP contribution in [0, 0.1) is 23.7 Å². The fourth-order valence-corrected chi connectivity index (χ4v) is 9.94. The molecule has 0 aliphatic heterocycles. The minimum absolute atomic E-state index is 0.0533. The van der Waals surface area contributed by atoms with E-state index in [4.69, 9.17) is 4.98 Å². The molecule has 0 fully saturated rings. The topological polar surface area (TPSA) is 107 Å². The summed E-state index contributed by atoms with van der Waals surface area (Å²) in [5, 5.41) is 8.00. The molecular weight excluding hydrogens is 661 g/mol. The number of hydrogen-bond donors (Lipinski definition) is 1. The fourth-order valence-electron chi connectivity index (χ4n) is 9.94. The Bertz CT molecular complexity index is 2960. The molecule has 0 atom stereocenters. The van der Waals surface area contributed by atoms with Gasteiger partial charge < -0.3 is 4.98 Å². The maximum Gasteiger partial charge on any atom is 0.261 e. The van der Waals surface area contributed by atoms with E-state index >= 15 is 0 Å². The summed E-state index contributed by atoms with van der Waals surface area (Å²) in [5.74, 6) is 0.786. The van der Waals surface area contributed by atoms with E-state index in [0.717, 1.165) is 37.9 Å². The second kappa shape index (κ2) is 11.4. The number of nitrogens with zero attached hydrogens (tertiary/aromatic N) is 3. The molecule has 0 saturated heterocycles. The van der Waals surface area contributed by atoms with Gasteiger partial charge in [0.25, 0.3) is 22.2 Å². The zero-order chi connectivity index (χ0) is 37.4. The maximum absolute atomic E-state index is 14.7. The van der Waals surface area contributed by atoms with Crippen molar-refractivity contribution in [1.82, 2.24) is 19.1 Å². The van der Waals surface area contributed by atoms with Gasteiger partial charge in [0.2, 0.25) is 0 Å². The second-order valence-corrected chi connectivity index (χ2v) is 16.4. The lowest BCUT2D eigenvalue weighted by molar-refractivity contribution is 0.277. The van der Waals surface area contributed by atoms with Crippen molar-refractivity contribution in [2.45, 2.75) is 67.5 Å². The fraction of sp³-hybridized carbons (Fsp3) is 0.311. The lowest BCUT2D eigenvalue weighted by atomic mass is 9.84. The normalized spacial score (nSPS) is 13.1. The van der Waals surface area contributed by atoms with Gasteiger partial charge in [-0.15, -0.1) is 0 Å². The number of fused-ring (bicyclic) bond motifs is 1. The Labute approximate surface area is 304 Å². The van der Waals surface area contributed by atoms with Crippen LogP contribution in [0.5, 0.6) is 0 Å². The molecule has 0 aliphatic rings. The molecule has 8 heteroatoms. The number of benzene rings is 6. The molecule has 0 radical (unpaired) electrons. The summed E-state index contributed by atoms with van der Waals surface area (Å²) in [5.41, 5.74) is 0.895. The molecule has 0 saturated carbocycles. The largest absolute Gasteiger partial charge is 0.339 e. The van der Waals surface area contributed by atoms with E-state index in [1.807, 2.05) is 94.4 Å². The van der Waals surface area contributed by atoms with Crippen LogP contribution in [0.4, 0.5) is 0 Å². The van der Waals surface area contributed by atoms with Gasteiger partial charge in [-0.1, -0.05) is 97.9 Å². The van der Waals surface area contributed by atoms with Crippen molar-refractivity contribution in [2.24, 2.45) is 23.7 Å². The van der Waals surface area contributed by atoms with E-state index < -0.39 is 0 Å². The Morgan fingerprint density at radius 3 is 1.40 bits per heavy atom. The van der Waals surface area contributed by atoms with E-state index in [1.165, 1.54) is 9.13 Å². The molecule has 1 N–H and O–H groups in total. The molecule has 6 aromatic carbocycles. The van der Waals surface area contributed by atoms with Crippen molar-refractivity contribution < 1.29 is 0 Å². The van der Waals surface area contributed by atoms with Crippen LogP contribution in [0.25, 0.3) is 87.1 Å². The van der Waals surface area contributed by atoms with Crippen molar-refractivity contribution in [3.05, 3.63) is 108 Å². The molecule has 0 amide bonds. The number of H-pyrrole nitrogens is 1. The Balaban J connectivity index is 1.58. The first-order valence-corrected chi connectivity index (χ1v) is 18.8. The van der Waals surface area contributed by atoms with Crippen LogP contribution in [-0.4, -0.2) is 19.1 Å². The van der Waals surface area contributed by atoms with Crippen LogP contribution in [0.2, 0.25) is 0 Å². The third-order valence-corrected chi connectivity index (χ3v) is 11.7. The molecule has 0 unspecified atom stereocenters. The number of aromatic amines is 1. The van der Waals surface area contributed by atoms with E-state index in [0.29, 0.717) is 49.2 Å². The van der Waals surface area contributed by atoms with Crippen LogP contribution in [-0.2, 0) is 0 Å². The first-order valence-electron chi connectivity index (χ1n) is 18.8. The number of hydrogen-bond acceptors (Lipinski definition) is 5. The van der Waals surface area contributed by atoms with Crippen LogP contribution in [0.1, 0.15) is 67.5 Å². The minimum Gasteiger partial charge on any atom is -0.339 e. The smallest absolute Gasteiger partial charge is 0.261 e. The van der Waals surface area contributed by atoms with Crippen LogP contribution >= 0.6 is 0 Å². The van der Waals surface area contributed by atoms with Crippen molar-refractivity contribution in [2.75, 3.05) is 0 Å². The summed E-state index contributed by atoms with van der Waals surface area (Å²) < 4.78 is 2.94. The van der Waals surface area contributed by atoms with E-state index in [9.17, 15) is 19.2 Å². The van der Waals surface area contributed by atoms with Gasteiger partial charge >= 0.3 is 0 Å². The zero-order valence-corrected chi connectivity index (χ0v) is 31.3. The predicted molar refractivity (Wildman–Crippen MR) is 219 cm³/mol. The first kappa shape index (κ1) is 33.2. The van der Waals surface area contributed by atoms with Gasteiger partial charge in [-0.25, -0.2) is 4.98 Å². The lowest BCUT2D eigenvalue weighted by Crippen LogP contribution is -2.40. The summed E-state index contributed by atoms with van der Waals surface area (Å²) >= 11 is 0. The standard InChI is InChI=1S/C45H42N4O4/c1-20(2)39(21(3)4)48-42(50)27-16-14-25-26-15-17-28-34-30(45(53)49(43(28)51)40(22(5)6)23(7)8)19-32-38(36(26)34)37-31(18-29(44(48)52)33(27)35(25)37)46-41(47-32)24-12-10-9-11-13-24/h9-23,39-40H,1-8H3,(H,46,47). The molecule has 266 valence electrons. The van der Waals surface area contributed by atoms with E-state index in [1.54, 1.807) is 0 Å². The Hall–Kier alpha value is -5.63. The van der Waals surface area contributed by atoms with Gasteiger partial charge in [0.05, 0.1) is 16.3 Å². The van der Waals surface area contributed by atoms with Crippen LogP contribution in [0.15, 0.2) is 85.9 Å². The summed E-state index contributed by atoms with van der Waals surface area (Å²) in [4.78, 5) is 67.2. The Kier molecular flexibility index (Phi) is 7.17. The molecule has 9 aromatic rings. The molecule has 9 rings (SSSR count). The molecule has 53 heavy (non-hydrogen) atoms. The molecule has 0 aliphatic carbocycles. The first-order chi connectivity index (χ1) is 25.3. The van der Waals surface area contributed by atoms with Gasteiger partial charge in [0.15, 0.2) is 0 Å². The van der Waals surface area contributed by atoms with Crippen LogP contribution in [0.3, 0.4) is 0 Å². The molecule has 8 nitrogen and oxygen atoms in total. The Morgan fingerprint density at radius 1 is 0.472 bits per heavy atom. The van der Waals surface area contributed by atoms with Gasteiger partial charge in [-0.2, -0.15) is 0 Å². The molecule has 0 bridgehead atoms. The van der Waals surface area contributed by atoms with Crippen molar-refractivity contribution in [3.63, 3.8) is 0 Å². The summed E-state index contributed by atoms with van der Waals surface area (Å²) in [6.45, 7) is 16.4. The van der Waals surface area contributed by atoms with Crippen LogP contribution < -0.4 is 22.2 Å². The highest BCUT2D eigenvalue weighted by molar-refractivity contribution is 6.44. The third kappa shape index (κ3) is 4.38. The number of pyridine rings is 2. The third-order valence-electron chi connectivity index (χ3n) is 11.7. The molecule has 0 spiro atoms. The van der Waals surface area contributed by atoms with E-state index in [-0.39, 0.29) is 58.0 Å². The summed E-state index contributed by atoms with van der Waals surface area (Å²) in [7, 11) is 0. The van der Waals surface area contributed by atoms with Gasteiger partial charge in [0, 0.05) is 66.3 Å². The highest BCUT2D eigenvalue weighted by Gasteiger charge is 2.31. The highest BCUT2D eigenvalue weighted by Crippen LogP contribution is 2.47. The summed E-state index contributed by atoms with van der Waals surface area (Å²) in [6, 6.07) is 20.6. The minimum atomic E-state index is -0.319. The SMILES string of the molecule is CC(C)C(C(C)C)n1c(=O)c2ccc3c4ccc5c(=O)n(C(C(C)C)C(C)C)c(=O)c6cc7[nH]c(-c8ccccc8)nc8cc(c1=O)c2c3c8c7c4c56. The van der Waals surface area contributed by atoms with Crippen molar-refractivity contribution in [3.8, 4) is 11.4 Å². The lowest BCUT2D eigenvalue weighted by Gasteiger charge is -2.28.